The number of carbonyl (C=O) groups is 1. The number of methoxy groups -OCH3 is 1. The van der Waals surface area contributed by atoms with E-state index in [4.69, 9.17) is 4.84 Å². The van der Waals surface area contributed by atoms with Gasteiger partial charge in [0.05, 0.1) is 7.11 Å². The molecule has 0 N–H and O–H groups in total. The molecule has 0 aromatic heterocycles. The molecule has 4 heteroatoms. The molecule has 0 saturated carbocycles. The Bertz CT molecular complexity index is 308. The Kier molecular flexibility index (Phi) is 2.27. The van der Waals surface area contributed by atoms with E-state index in [1.807, 2.05) is 13.0 Å². The molecule has 0 spiro atoms. The highest BCUT2D eigenvalue weighted by Gasteiger charge is 2.39. The molecule has 1 aliphatic carbocycles. The third-order valence-corrected chi connectivity index (χ3v) is 2.90. The first kappa shape index (κ1) is 9.24. The second kappa shape index (κ2) is 3.44. The predicted octanol–water partition coefficient (Wildman–Crippen LogP) is 1.13. The van der Waals surface area contributed by atoms with E-state index in [-0.39, 0.29) is 18.0 Å². The van der Waals surface area contributed by atoms with Crippen LogP contribution in [0.2, 0.25) is 0 Å². The van der Waals surface area contributed by atoms with E-state index in [0.717, 1.165) is 6.42 Å². The van der Waals surface area contributed by atoms with Gasteiger partial charge in [0.1, 0.15) is 6.10 Å². The molecule has 1 heterocycles. The van der Waals surface area contributed by atoms with Crippen molar-refractivity contribution in [3.05, 3.63) is 12.2 Å². The summed E-state index contributed by atoms with van der Waals surface area (Å²) in [5.41, 5.74) is 0.400. The van der Waals surface area contributed by atoms with Crippen molar-refractivity contribution in [2.75, 3.05) is 7.11 Å². The lowest BCUT2D eigenvalue weighted by atomic mass is 9.85. The van der Waals surface area contributed by atoms with Gasteiger partial charge in [0.15, 0.2) is 5.71 Å². The summed E-state index contributed by atoms with van der Waals surface area (Å²) in [5, 5.41) is 3.81. The fourth-order valence-corrected chi connectivity index (χ4v) is 1.98. The Morgan fingerprint density at radius 1 is 1.71 bits per heavy atom. The van der Waals surface area contributed by atoms with Gasteiger partial charge >= 0.3 is 5.97 Å². The average Bonchev–Trinajstić information content (AvgIpc) is 2.66. The van der Waals surface area contributed by atoms with Gasteiger partial charge in [0.25, 0.3) is 0 Å². The van der Waals surface area contributed by atoms with Gasteiger partial charge in [-0.2, -0.15) is 0 Å². The SMILES string of the molecule is COC(=O)C1=NO[C@H]2C=CC[C@H]2[C@H]1C. The van der Waals surface area contributed by atoms with Gasteiger partial charge in [0, 0.05) is 11.8 Å². The normalized spacial score (nSPS) is 34.4. The standard InChI is InChI=1S/C10H13NO3/c1-6-7-4-3-5-8(7)14-11-9(6)10(12)13-2/h3,5-8H,4H2,1-2H3/t6-,7+,8+/m1/s1. The number of fused-ring (bicyclic) bond motifs is 1. The molecule has 0 amide bonds. The minimum atomic E-state index is -0.386. The lowest BCUT2D eigenvalue weighted by Crippen LogP contribution is -2.37. The summed E-state index contributed by atoms with van der Waals surface area (Å²) in [4.78, 5) is 16.5. The molecule has 14 heavy (non-hydrogen) atoms. The van der Waals surface area contributed by atoms with Crippen LogP contribution in [0.25, 0.3) is 0 Å². The monoisotopic (exact) mass is 195 g/mol. The Balaban J connectivity index is 2.18. The first-order chi connectivity index (χ1) is 6.74. The van der Waals surface area contributed by atoms with Crippen LogP contribution in [0.4, 0.5) is 0 Å². The van der Waals surface area contributed by atoms with Crippen molar-refractivity contribution in [1.82, 2.24) is 0 Å². The third-order valence-electron chi connectivity index (χ3n) is 2.90. The number of hydrogen-bond donors (Lipinski definition) is 0. The molecule has 0 saturated heterocycles. The van der Waals surface area contributed by atoms with Crippen LogP contribution in [0.1, 0.15) is 13.3 Å². The number of esters is 1. The maximum atomic E-state index is 11.3. The molecule has 0 fully saturated rings. The zero-order valence-electron chi connectivity index (χ0n) is 8.27. The third kappa shape index (κ3) is 1.31. The number of hydrogen-bond acceptors (Lipinski definition) is 4. The van der Waals surface area contributed by atoms with Crippen LogP contribution in [-0.4, -0.2) is 24.9 Å². The summed E-state index contributed by atoms with van der Waals surface area (Å²) in [7, 11) is 1.36. The fourth-order valence-electron chi connectivity index (χ4n) is 1.98. The van der Waals surface area contributed by atoms with Crippen LogP contribution in [0.5, 0.6) is 0 Å². The van der Waals surface area contributed by atoms with Gasteiger partial charge < -0.3 is 9.57 Å². The van der Waals surface area contributed by atoms with Crippen molar-refractivity contribution in [2.24, 2.45) is 17.0 Å². The van der Waals surface area contributed by atoms with Gasteiger partial charge in [-0.3, -0.25) is 0 Å². The van der Waals surface area contributed by atoms with Crippen molar-refractivity contribution in [3.63, 3.8) is 0 Å². The van der Waals surface area contributed by atoms with Crippen LogP contribution in [-0.2, 0) is 14.4 Å². The summed E-state index contributed by atoms with van der Waals surface area (Å²) < 4.78 is 4.64. The molecular formula is C10H13NO3. The minimum absolute atomic E-state index is 0.0402. The van der Waals surface area contributed by atoms with E-state index in [0.29, 0.717) is 11.6 Å². The second-order valence-electron chi connectivity index (χ2n) is 3.65. The van der Waals surface area contributed by atoms with Gasteiger partial charge in [-0.15, -0.1) is 0 Å². The zero-order valence-corrected chi connectivity index (χ0v) is 8.27. The number of allylic oxidation sites excluding steroid dienone is 1. The highest BCUT2D eigenvalue weighted by molar-refractivity contribution is 6.37. The smallest absolute Gasteiger partial charge is 0.356 e. The molecule has 2 aliphatic rings. The summed E-state index contributed by atoms with van der Waals surface area (Å²) >= 11 is 0. The average molecular weight is 195 g/mol. The van der Waals surface area contributed by atoms with Crippen LogP contribution >= 0.6 is 0 Å². The molecule has 0 aromatic rings. The summed E-state index contributed by atoms with van der Waals surface area (Å²) in [6, 6.07) is 0. The Morgan fingerprint density at radius 3 is 3.21 bits per heavy atom. The summed E-state index contributed by atoms with van der Waals surface area (Å²) in [6.07, 6.45) is 5.06. The predicted molar refractivity (Wildman–Crippen MR) is 50.7 cm³/mol. The largest absolute Gasteiger partial charge is 0.464 e. The van der Waals surface area contributed by atoms with Crippen LogP contribution < -0.4 is 0 Å². The highest BCUT2D eigenvalue weighted by Crippen LogP contribution is 2.33. The first-order valence-corrected chi connectivity index (χ1v) is 4.72. The Labute approximate surface area is 82.6 Å². The molecule has 3 atom stereocenters. The van der Waals surface area contributed by atoms with Gasteiger partial charge in [-0.05, 0) is 12.5 Å². The van der Waals surface area contributed by atoms with E-state index in [1.54, 1.807) is 0 Å². The van der Waals surface area contributed by atoms with E-state index in [2.05, 4.69) is 16.0 Å². The quantitative estimate of drug-likeness (QED) is 0.465. The first-order valence-electron chi connectivity index (χ1n) is 4.72. The van der Waals surface area contributed by atoms with Crippen LogP contribution in [0, 0.1) is 11.8 Å². The van der Waals surface area contributed by atoms with Crippen molar-refractivity contribution in [2.45, 2.75) is 19.4 Å². The molecule has 0 unspecified atom stereocenters. The van der Waals surface area contributed by atoms with Gasteiger partial charge in [-0.25, -0.2) is 4.79 Å². The number of oxime groups is 1. The van der Waals surface area contributed by atoms with Crippen molar-refractivity contribution >= 4 is 11.7 Å². The number of ether oxygens (including phenoxy) is 1. The second-order valence-corrected chi connectivity index (χ2v) is 3.65. The number of nitrogens with zero attached hydrogens (tertiary/aromatic N) is 1. The van der Waals surface area contributed by atoms with E-state index in [9.17, 15) is 4.79 Å². The number of carbonyl (C=O) groups excluding carboxylic acids is 1. The van der Waals surface area contributed by atoms with Crippen LogP contribution in [0.3, 0.4) is 0 Å². The Hall–Kier alpha value is -1.32. The van der Waals surface area contributed by atoms with Gasteiger partial charge in [-0.1, -0.05) is 18.2 Å². The van der Waals surface area contributed by atoms with Crippen molar-refractivity contribution in [1.29, 1.82) is 0 Å². The molecule has 76 valence electrons. The summed E-state index contributed by atoms with van der Waals surface area (Å²) in [5.74, 6) is 0.0562. The molecule has 0 aromatic carbocycles. The molecule has 0 radical (unpaired) electrons. The van der Waals surface area contributed by atoms with E-state index in [1.165, 1.54) is 7.11 Å². The molecule has 2 rings (SSSR count). The van der Waals surface area contributed by atoms with Gasteiger partial charge in [0.2, 0.25) is 0 Å². The maximum Gasteiger partial charge on any atom is 0.356 e. The maximum absolute atomic E-state index is 11.3. The van der Waals surface area contributed by atoms with Crippen LogP contribution in [0.15, 0.2) is 17.3 Å². The number of rotatable bonds is 1. The molecule has 4 nitrogen and oxygen atoms in total. The Morgan fingerprint density at radius 2 is 2.50 bits per heavy atom. The van der Waals surface area contributed by atoms with E-state index >= 15 is 0 Å². The lowest BCUT2D eigenvalue weighted by molar-refractivity contribution is -0.134. The van der Waals surface area contributed by atoms with Crippen molar-refractivity contribution < 1.29 is 14.4 Å². The molecule has 1 aliphatic heterocycles. The van der Waals surface area contributed by atoms with Crippen molar-refractivity contribution in [3.8, 4) is 0 Å². The fraction of sp³-hybridized carbons (Fsp3) is 0.600. The van der Waals surface area contributed by atoms with E-state index < -0.39 is 0 Å². The minimum Gasteiger partial charge on any atom is -0.464 e. The molecule has 0 bridgehead atoms. The topological polar surface area (TPSA) is 47.9 Å². The zero-order chi connectivity index (χ0) is 10.1. The molecular weight excluding hydrogens is 182 g/mol. The highest BCUT2D eigenvalue weighted by atomic mass is 16.6. The lowest BCUT2D eigenvalue weighted by Gasteiger charge is -2.28. The summed E-state index contributed by atoms with van der Waals surface area (Å²) in [6.45, 7) is 1.99.